The van der Waals surface area contributed by atoms with Gasteiger partial charge in [-0.3, -0.25) is 0 Å². The Morgan fingerprint density at radius 2 is 2.21 bits per heavy atom. The molecule has 1 heterocycles. The number of para-hydroxylation sites is 1. The van der Waals surface area contributed by atoms with E-state index in [4.69, 9.17) is 4.42 Å². The maximum Gasteiger partial charge on any atom is 0.134 e. The average Bonchev–Trinajstić information content (AvgIpc) is 2.59. The molecule has 0 bridgehead atoms. The second-order valence-electron chi connectivity index (χ2n) is 3.31. The van der Waals surface area contributed by atoms with Crippen LogP contribution < -0.4 is 0 Å². The number of benzene rings is 1. The number of furan rings is 1. The molecule has 0 aliphatic rings. The molecule has 0 unspecified atom stereocenters. The summed E-state index contributed by atoms with van der Waals surface area (Å²) in [4.78, 5) is 0. The van der Waals surface area contributed by atoms with Crippen molar-refractivity contribution in [2.75, 3.05) is 5.33 Å². The van der Waals surface area contributed by atoms with Crippen LogP contribution in [0.25, 0.3) is 17.0 Å². The molecule has 2 rings (SSSR count). The van der Waals surface area contributed by atoms with E-state index in [2.05, 4.69) is 41.1 Å². The summed E-state index contributed by atoms with van der Waals surface area (Å²) < 4.78 is 5.64. The minimum Gasteiger partial charge on any atom is -0.457 e. The Kier molecular flexibility index (Phi) is 2.73. The molecule has 0 aliphatic carbocycles. The third-order valence-corrected chi connectivity index (χ3v) is 2.93. The summed E-state index contributed by atoms with van der Waals surface area (Å²) in [6, 6.07) is 10.1. The van der Waals surface area contributed by atoms with Gasteiger partial charge in [0, 0.05) is 10.7 Å². The van der Waals surface area contributed by atoms with Crippen LogP contribution in [0, 0.1) is 0 Å². The summed E-state index contributed by atoms with van der Waals surface area (Å²) in [5.41, 5.74) is 2.20. The average molecular weight is 251 g/mol. The van der Waals surface area contributed by atoms with E-state index in [0.29, 0.717) is 0 Å². The molecule has 2 aromatic rings. The molecule has 72 valence electrons. The van der Waals surface area contributed by atoms with Gasteiger partial charge in [-0.15, -0.1) is 0 Å². The molecular formula is C12H11BrO. The fraction of sp³-hybridized carbons (Fsp3) is 0.167. The second kappa shape index (κ2) is 4.01. The third kappa shape index (κ3) is 1.90. The van der Waals surface area contributed by atoms with Gasteiger partial charge < -0.3 is 4.42 Å². The number of alkyl halides is 1. The van der Waals surface area contributed by atoms with Gasteiger partial charge in [-0.05, 0) is 25.1 Å². The van der Waals surface area contributed by atoms with Crippen molar-refractivity contribution in [1.29, 1.82) is 0 Å². The molecule has 0 spiro atoms. The highest BCUT2D eigenvalue weighted by Gasteiger charge is 1.99. The summed E-state index contributed by atoms with van der Waals surface area (Å²) in [6.45, 7) is 2.07. The number of allylic oxidation sites excluding steroid dienone is 1. The van der Waals surface area contributed by atoms with Crippen molar-refractivity contribution in [2.45, 2.75) is 6.92 Å². The number of rotatable bonds is 2. The van der Waals surface area contributed by atoms with Crippen LogP contribution >= 0.6 is 15.9 Å². The van der Waals surface area contributed by atoms with Crippen LogP contribution in [-0.4, -0.2) is 5.33 Å². The number of fused-ring (bicyclic) bond motifs is 1. The molecule has 0 saturated carbocycles. The fourth-order valence-electron chi connectivity index (χ4n) is 1.35. The first-order valence-corrected chi connectivity index (χ1v) is 5.63. The Morgan fingerprint density at radius 1 is 1.43 bits per heavy atom. The molecule has 0 N–H and O–H groups in total. The summed E-state index contributed by atoms with van der Waals surface area (Å²) in [5, 5.41) is 2.03. The summed E-state index contributed by atoms with van der Waals surface area (Å²) in [6.07, 6.45) is 2.05. The summed E-state index contributed by atoms with van der Waals surface area (Å²) in [7, 11) is 0. The first-order chi connectivity index (χ1) is 6.79. The molecule has 2 heteroatoms. The molecule has 14 heavy (non-hydrogen) atoms. The lowest BCUT2D eigenvalue weighted by Crippen LogP contribution is -1.73. The molecule has 1 aromatic heterocycles. The highest BCUT2D eigenvalue weighted by Crippen LogP contribution is 2.20. The van der Waals surface area contributed by atoms with E-state index in [9.17, 15) is 0 Å². The SMILES string of the molecule is CC(=Cc1cc2ccccc2o1)CBr. The largest absolute Gasteiger partial charge is 0.457 e. The van der Waals surface area contributed by atoms with Gasteiger partial charge in [0.2, 0.25) is 0 Å². The molecule has 0 atom stereocenters. The highest BCUT2D eigenvalue weighted by atomic mass is 79.9. The number of hydrogen-bond donors (Lipinski definition) is 0. The molecule has 0 amide bonds. The lowest BCUT2D eigenvalue weighted by atomic mass is 10.2. The van der Waals surface area contributed by atoms with Crippen molar-refractivity contribution in [3.05, 3.63) is 41.7 Å². The molecule has 1 aromatic carbocycles. The van der Waals surface area contributed by atoms with E-state index in [1.54, 1.807) is 0 Å². The molecular weight excluding hydrogens is 240 g/mol. The van der Waals surface area contributed by atoms with Crippen molar-refractivity contribution in [1.82, 2.24) is 0 Å². The van der Waals surface area contributed by atoms with E-state index in [1.807, 2.05) is 18.2 Å². The fourth-order valence-corrected chi connectivity index (χ4v) is 1.52. The Morgan fingerprint density at radius 3 is 2.93 bits per heavy atom. The van der Waals surface area contributed by atoms with Gasteiger partial charge in [-0.25, -0.2) is 0 Å². The van der Waals surface area contributed by atoms with Crippen molar-refractivity contribution >= 4 is 33.0 Å². The Balaban J connectivity index is 2.45. The van der Waals surface area contributed by atoms with Gasteiger partial charge in [-0.1, -0.05) is 39.7 Å². The Labute approximate surface area is 91.5 Å². The van der Waals surface area contributed by atoms with Crippen LogP contribution in [-0.2, 0) is 0 Å². The van der Waals surface area contributed by atoms with Crippen molar-refractivity contribution in [3.63, 3.8) is 0 Å². The van der Waals surface area contributed by atoms with Crippen molar-refractivity contribution < 1.29 is 4.42 Å². The maximum absolute atomic E-state index is 5.64. The van der Waals surface area contributed by atoms with E-state index in [-0.39, 0.29) is 0 Å². The van der Waals surface area contributed by atoms with Crippen LogP contribution in [0.1, 0.15) is 12.7 Å². The van der Waals surface area contributed by atoms with Crippen molar-refractivity contribution in [3.8, 4) is 0 Å². The topological polar surface area (TPSA) is 13.1 Å². The molecule has 0 saturated heterocycles. The van der Waals surface area contributed by atoms with Crippen LogP contribution in [0.2, 0.25) is 0 Å². The normalized spacial score (nSPS) is 12.3. The standard InChI is InChI=1S/C12H11BrO/c1-9(8-13)6-11-7-10-4-2-3-5-12(10)14-11/h2-7H,8H2,1H3. The predicted octanol–water partition coefficient (Wildman–Crippen LogP) is 4.23. The van der Waals surface area contributed by atoms with E-state index in [1.165, 1.54) is 5.57 Å². The van der Waals surface area contributed by atoms with Crippen LogP contribution in [0.5, 0.6) is 0 Å². The Bertz CT molecular complexity index is 435. The Hall–Kier alpha value is -1.02. The molecule has 0 aliphatic heterocycles. The van der Waals surface area contributed by atoms with E-state index >= 15 is 0 Å². The highest BCUT2D eigenvalue weighted by molar-refractivity contribution is 9.09. The molecule has 0 fully saturated rings. The van der Waals surface area contributed by atoms with Gasteiger partial charge in [0.15, 0.2) is 0 Å². The second-order valence-corrected chi connectivity index (χ2v) is 3.87. The summed E-state index contributed by atoms with van der Waals surface area (Å²) in [5.74, 6) is 0.920. The zero-order valence-corrected chi connectivity index (χ0v) is 9.54. The predicted molar refractivity (Wildman–Crippen MR) is 63.7 cm³/mol. The molecule has 0 radical (unpaired) electrons. The maximum atomic E-state index is 5.64. The lowest BCUT2D eigenvalue weighted by Gasteiger charge is -1.89. The van der Waals surface area contributed by atoms with Gasteiger partial charge >= 0.3 is 0 Å². The first kappa shape index (κ1) is 9.53. The van der Waals surface area contributed by atoms with Crippen molar-refractivity contribution in [2.24, 2.45) is 0 Å². The zero-order valence-electron chi connectivity index (χ0n) is 7.96. The third-order valence-electron chi connectivity index (χ3n) is 2.04. The smallest absolute Gasteiger partial charge is 0.134 e. The van der Waals surface area contributed by atoms with Gasteiger partial charge in [0.1, 0.15) is 11.3 Å². The van der Waals surface area contributed by atoms with E-state index < -0.39 is 0 Å². The van der Waals surface area contributed by atoms with Crippen LogP contribution in [0.3, 0.4) is 0 Å². The zero-order chi connectivity index (χ0) is 9.97. The van der Waals surface area contributed by atoms with Gasteiger partial charge in [-0.2, -0.15) is 0 Å². The monoisotopic (exact) mass is 250 g/mol. The first-order valence-electron chi connectivity index (χ1n) is 4.51. The van der Waals surface area contributed by atoms with E-state index in [0.717, 1.165) is 22.1 Å². The minimum absolute atomic E-state index is 0.879. The van der Waals surface area contributed by atoms with Gasteiger partial charge in [0.25, 0.3) is 0 Å². The lowest BCUT2D eigenvalue weighted by molar-refractivity contribution is 0.604. The summed E-state index contributed by atoms with van der Waals surface area (Å²) >= 11 is 3.41. The number of hydrogen-bond acceptors (Lipinski definition) is 1. The molecule has 1 nitrogen and oxygen atoms in total. The quantitative estimate of drug-likeness (QED) is 0.728. The number of halogens is 1. The van der Waals surface area contributed by atoms with Gasteiger partial charge in [0.05, 0.1) is 0 Å². The minimum atomic E-state index is 0.879. The van der Waals surface area contributed by atoms with Crippen LogP contribution in [0.15, 0.2) is 40.3 Å². The van der Waals surface area contributed by atoms with Crippen LogP contribution in [0.4, 0.5) is 0 Å².